The average molecular weight is 380 g/mol. The standard InChI is InChI=1S/C22H24N2O4/c1-17-7-9-18(10-8-17)20(25)11-12-21(26)23-13-15-24(16-14-23)22(27)28-19-5-3-2-4-6-19/h2-10H,11-16H2,1H3. The lowest BCUT2D eigenvalue weighted by Gasteiger charge is -2.34. The van der Waals surface area contributed by atoms with Crippen LogP contribution in [0.4, 0.5) is 4.79 Å². The predicted molar refractivity (Wildman–Crippen MR) is 105 cm³/mol. The molecule has 2 aromatic rings. The van der Waals surface area contributed by atoms with E-state index in [2.05, 4.69) is 0 Å². The molecule has 0 saturated carbocycles. The molecular weight excluding hydrogens is 356 g/mol. The number of nitrogens with zero attached hydrogens (tertiary/aromatic N) is 2. The number of aryl methyl sites for hydroxylation is 1. The summed E-state index contributed by atoms with van der Waals surface area (Å²) in [5.74, 6) is 0.413. The smallest absolute Gasteiger partial charge is 0.410 e. The lowest BCUT2D eigenvalue weighted by Crippen LogP contribution is -2.51. The summed E-state index contributed by atoms with van der Waals surface area (Å²) in [4.78, 5) is 40.1. The summed E-state index contributed by atoms with van der Waals surface area (Å²) in [6.45, 7) is 3.70. The van der Waals surface area contributed by atoms with Crippen LogP contribution in [0.2, 0.25) is 0 Å². The summed E-state index contributed by atoms with van der Waals surface area (Å²) < 4.78 is 5.32. The van der Waals surface area contributed by atoms with Gasteiger partial charge in [-0.3, -0.25) is 9.59 Å². The third-order valence-corrected chi connectivity index (χ3v) is 4.78. The molecule has 0 aliphatic carbocycles. The molecule has 0 aromatic heterocycles. The molecule has 0 spiro atoms. The Kier molecular flexibility index (Phi) is 6.42. The molecule has 0 unspecified atom stereocenters. The zero-order valence-corrected chi connectivity index (χ0v) is 16.0. The molecule has 6 heteroatoms. The fraction of sp³-hybridized carbons (Fsp3) is 0.318. The highest BCUT2D eigenvalue weighted by molar-refractivity contribution is 5.98. The molecule has 2 aromatic carbocycles. The third-order valence-electron chi connectivity index (χ3n) is 4.78. The van der Waals surface area contributed by atoms with Gasteiger partial charge in [0.25, 0.3) is 0 Å². The highest BCUT2D eigenvalue weighted by Crippen LogP contribution is 2.13. The van der Waals surface area contributed by atoms with Crippen molar-refractivity contribution < 1.29 is 19.1 Å². The molecule has 146 valence electrons. The second-order valence-electron chi connectivity index (χ2n) is 6.84. The highest BCUT2D eigenvalue weighted by Gasteiger charge is 2.25. The maximum atomic E-state index is 12.4. The van der Waals surface area contributed by atoms with E-state index in [9.17, 15) is 14.4 Å². The number of rotatable bonds is 5. The number of amides is 2. The first kappa shape index (κ1) is 19.6. The van der Waals surface area contributed by atoms with Crippen LogP contribution in [-0.4, -0.2) is 53.8 Å². The van der Waals surface area contributed by atoms with Gasteiger partial charge in [0.1, 0.15) is 5.75 Å². The second-order valence-corrected chi connectivity index (χ2v) is 6.84. The number of Topliss-reactive ketones (excluding diaryl/α,β-unsaturated/α-hetero) is 1. The van der Waals surface area contributed by atoms with E-state index in [1.54, 1.807) is 46.2 Å². The maximum Gasteiger partial charge on any atom is 0.415 e. The molecule has 1 saturated heterocycles. The van der Waals surface area contributed by atoms with Gasteiger partial charge in [0.05, 0.1) is 0 Å². The van der Waals surface area contributed by atoms with Gasteiger partial charge in [-0.05, 0) is 19.1 Å². The quantitative estimate of drug-likeness (QED) is 0.747. The van der Waals surface area contributed by atoms with E-state index in [0.717, 1.165) is 5.56 Å². The van der Waals surface area contributed by atoms with Crippen molar-refractivity contribution in [1.82, 2.24) is 9.80 Å². The Hall–Kier alpha value is -3.15. The summed E-state index contributed by atoms with van der Waals surface area (Å²) >= 11 is 0. The van der Waals surface area contributed by atoms with E-state index >= 15 is 0 Å². The maximum absolute atomic E-state index is 12.4. The zero-order chi connectivity index (χ0) is 19.9. The van der Waals surface area contributed by atoms with Gasteiger partial charge >= 0.3 is 6.09 Å². The Morgan fingerprint density at radius 1 is 0.821 bits per heavy atom. The third kappa shape index (κ3) is 5.19. The number of para-hydroxylation sites is 1. The molecule has 1 aliphatic heterocycles. The minimum absolute atomic E-state index is 0.0292. The molecule has 0 atom stereocenters. The lowest BCUT2D eigenvalue weighted by atomic mass is 10.0. The molecule has 0 bridgehead atoms. The summed E-state index contributed by atoms with van der Waals surface area (Å²) in [7, 11) is 0. The van der Waals surface area contributed by atoms with Crippen LogP contribution in [0.1, 0.15) is 28.8 Å². The first-order valence-corrected chi connectivity index (χ1v) is 9.42. The van der Waals surface area contributed by atoms with Crippen molar-refractivity contribution in [1.29, 1.82) is 0 Å². The van der Waals surface area contributed by atoms with Crippen molar-refractivity contribution in [3.63, 3.8) is 0 Å². The highest BCUT2D eigenvalue weighted by atomic mass is 16.6. The number of carbonyl (C=O) groups is 3. The molecule has 3 rings (SSSR count). The van der Waals surface area contributed by atoms with Gasteiger partial charge in [0.15, 0.2) is 5.78 Å². The van der Waals surface area contributed by atoms with Crippen molar-refractivity contribution >= 4 is 17.8 Å². The van der Waals surface area contributed by atoms with Crippen molar-refractivity contribution in [2.45, 2.75) is 19.8 Å². The number of piperazine rings is 1. The number of hydrogen-bond donors (Lipinski definition) is 0. The van der Waals surface area contributed by atoms with Crippen LogP contribution in [0.3, 0.4) is 0 Å². The van der Waals surface area contributed by atoms with Gasteiger partial charge in [-0.15, -0.1) is 0 Å². The molecule has 1 heterocycles. The topological polar surface area (TPSA) is 66.9 Å². The number of ether oxygens (including phenoxy) is 1. The van der Waals surface area contributed by atoms with Gasteiger partial charge in [0.2, 0.25) is 5.91 Å². The molecule has 1 fully saturated rings. The van der Waals surface area contributed by atoms with E-state index in [0.29, 0.717) is 37.5 Å². The molecule has 6 nitrogen and oxygen atoms in total. The molecule has 2 amide bonds. The molecule has 28 heavy (non-hydrogen) atoms. The monoisotopic (exact) mass is 380 g/mol. The Labute approximate surface area is 164 Å². The van der Waals surface area contributed by atoms with E-state index < -0.39 is 6.09 Å². The molecule has 0 N–H and O–H groups in total. The predicted octanol–water partition coefficient (Wildman–Crippen LogP) is 3.30. The van der Waals surface area contributed by atoms with Crippen molar-refractivity contribution in [2.24, 2.45) is 0 Å². The molecule has 1 aliphatic rings. The average Bonchev–Trinajstić information content (AvgIpc) is 2.73. The van der Waals surface area contributed by atoms with Crippen LogP contribution >= 0.6 is 0 Å². The first-order valence-electron chi connectivity index (χ1n) is 9.42. The van der Waals surface area contributed by atoms with Gasteiger partial charge in [-0.25, -0.2) is 4.79 Å². The number of ketones is 1. The van der Waals surface area contributed by atoms with Crippen LogP contribution in [0.5, 0.6) is 5.75 Å². The van der Waals surface area contributed by atoms with E-state index in [1.807, 2.05) is 25.1 Å². The largest absolute Gasteiger partial charge is 0.415 e. The van der Waals surface area contributed by atoms with Gasteiger partial charge in [-0.1, -0.05) is 48.0 Å². The Morgan fingerprint density at radius 2 is 1.43 bits per heavy atom. The van der Waals surface area contributed by atoms with E-state index in [4.69, 9.17) is 4.74 Å². The van der Waals surface area contributed by atoms with Crippen LogP contribution in [0.15, 0.2) is 54.6 Å². The number of hydrogen-bond acceptors (Lipinski definition) is 4. The van der Waals surface area contributed by atoms with Gasteiger partial charge in [0, 0.05) is 44.6 Å². The van der Waals surface area contributed by atoms with Gasteiger partial charge < -0.3 is 14.5 Å². The molecular formula is C22H24N2O4. The van der Waals surface area contributed by atoms with Crippen molar-refractivity contribution in [3.05, 3.63) is 65.7 Å². The normalized spacial score (nSPS) is 13.9. The fourth-order valence-electron chi connectivity index (χ4n) is 3.05. The second kappa shape index (κ2) is 9.17. The van der Waals surface area contributed by atoms with Crippen LogP contribution in [-0.2, 0) is 4.79 Å². The number of benzene rings is 2. The fourth-order valence-corrected chi connectivity index (χ4v) is 3.05. The van der Waals surface area contributed by atoms with Crippen LogP contribution in [0.25, 0.3) is 0 Å². The SMILES string of the molecule is Cc1ccc(C(=O)CCC(=O)N2CCN(C(=O)Oc3ccccc3)CC2)cc1. The van der Waals surface area contributed by atoms with Crippen LogP contribution in [0, 0.1) is 6.92 Å². The van der Waals surface area contributed by atoms with E-state index in [-0.39, 0.29) is 24.5 Å². The van der Waals surface area contributed by atoms with Crippen molar-refractivity contribution in [3.8, 4) is 5.75 Å². The minimum Gasteiger partial charge on any atom is -0.410 e. The Bertz CT molecular complexity index is 825. The van der Waals surface area contributed by atoms with Crippen molar-refractivity contribution in [2.75, 3.05) is 26.2 Å². The summed E-state index contributed by atoms with van der Waals surface area (Å²) in [6, 6.07) is 16.3. The zero-order valence-electron chi connectivity index (χ0n) is 16.0. The first-order chi connectivity index (χ1) is 13.5. The summed E-state index contributed by atoms with van der Waals surface area (Å²) in [6.07, 6.45) is -0.0351. The number of carbonyl (C=O) groups excluding carboxylic acids is 3. The van der Waals surface area contributed by atoms with E-state index in [1.165, 1.54) is 0 Å². The minimum atomic E-state index is -0.409. The van der Waals surface area contributed by atoms with Gasteiger partial charge in [-0.2, -0.15) is 0 Å². The van der Waals surface area contributed by atoms with Crippen LogP contribution < -0.4 is 4.74 Å². The Morgan fingerprint density at radius 3 is 2.07 bits per heavy atom. The lowest BCUT2D eigenvalue weighted by molar-refractivity contribution is -0.132. The molecule has 0 radical (unpaired) electrons. The summed E-state index contributed by atoms with van der Waals surface area (Å²) in [5.41, 5.74) is 1.73. The Balaban J connectivity index is 1.42. The summed E-state index contributed by atoms with van der Waals surface area (Å²) in [5, 5.41) is 0.